The molecule has 7 heteroatoms. The average Bonchev–Trinajstić information content (AvgIpc) is 2.93. The zero-order valence-corrected chi connectivity index (χ0v) is 14.2. The van der Waals surface area contributed by atoms with Gasteiger partial charge < -0.3 is 10.5 Å². The summed E-state index contributed by atoms with van der Waals surface area (Å²) in [5.74, 6) is 0.199. The lowest BCUT2D eigenvalue weighted by atomic mass is 10.0. The minimum atomic E-state index is -0.250. The Morgan fingerprint density at radius 3 is 2.70 bits per heavy atom. The number of hydrogen-bond acceptors (Lipinski definition) is 6. The van der Waals surface area contributed by atoms with Gasteiger partial charge in [-0.2, -0.15) is 0 Å². The van der Waals surface area contributed by atoms with Crippen molar-refractivity contribution in [3.05, 3.63) is 35.0 Å². The predicted octanol–water partition coefficient (Wildman–Crippen LogP) is 3.35. The van der Waals surface area contributed by atoms with Crippen molar-refractivity contribution in [2.45, 2.75) is 30.2 Å². The third kappa shape index (κ3) is 3.43. The molecule has 1 saturated heterocycles. The molecular weight excluding hydrogens is 334 g/mol. The quantitative estimate of drug-likeness (QED) is 0.673. The van der Waals surface area contributed by atoms with E-state index >= 15 is 0 Å². The topological polar surface area (TPSA) is 78.1 Å². The second kappa shape index (κ2) is 6.76. The minimum Gasteiger partial charge on any atom is -0.465 e. The van der Waals surface area contributed by atoms with E-state index in [1.165, 1.54) is 11.8 Å². The number of halogens is 1. The Morgan fingerprint density at radius 2 is 2.09 bits per heavy atom. The molecule has 0 amide bonds. The maximum absolute atomic E-state index is 11.6. The molecule has 0 radical (unpaired) electrons. The van der Waals surface area contributed by atoms with Gasteiger partial charge in [-0.3, -0.25) is 4.79 Å². The van der Waals surface area contributed by atoms with E-state index < -0.39 is 0 Å². The summed E-state index contributed by atoms with van der Waals surface area (Å²) in [4.78, 5) is 20.5. The first-order valence-electron chi connectivity index (χ1n) is 7.34. The van der Waals surface area contributed by atoms with Crippen LogP contribution in [-0.4, -0.2) is 27.8 Å². The summed E-state index contributed by atoms with van der Waals surface area (Å²) < 4.78 is 4.97. The molecule has 0 unspecified atom stereocenters. The zero-order chi connectivity index (χ0) is 16.4. The Morgan fingerprint density at radius 1 is 1.35 bits per heavy atom. The van der Waals surface area contributed by atoms with Crippen LogP contribution in [0, 0.1) is 0 Å². The van der Waals surface area contributed by atoms with Crippen LogP contribution in [0.1, 0.15) is 19.0 Å². The number of nitrogen functional groups attached to an aromatic ring is 1. The van der Waals surface area contributed by atoms with Crippen LogP contribution in [-0.2, 0) is 16.0 Å². The number of benzene rings is 1. The van der Waals surface area contributed by atoms with Crippen molar-refractivity contribution >= 4 is 35.1 Å². The van der Waals surface area contributed by atoms with Gasteiger partial charge in [0.15, 0.2) is 5.16 Å². The number of aromatic nitrogens is 2. The molecule has 0 aliphatic carbocycles. The summed E-state index contributed by atoms with van der Waals surface area (Å²) in [6, 6.07) is 7.43. The van der Waals surface area contributed by atoms with E-state index in [2.05, 4.69) is 9.97 Å². The van der Waals surface area contributed by atoms with E-state index in [-0.39, 0.29) is 11.2 Å². The monoisotopic (exact) mass is 349 g/mol. The first-order valence-corrected chi connectivity index (χ1v) is 8.60. The molecule has 23 heavy (non-hydrogen) atoms. The standard InChI is InChI=1S/C16H16ClN3O2S/c1-2-11-13(9-3-5-10(17)6-4-9)14(18)20-16(19-11)23-12-7-8-22-15(12)21/h3-6,12H,2,7-8H2,1H3,(H2,18,19,20)/t12-/m0/s1. The van der Waals surface area contributed by atoms with E-state index in [0.29, 0.717) is 35.4 Å². The van der Waals surface area contributed by atoms with Crippen LogP contribution in [0.4, 0.5) is 5.82 Å². The van der Waals surface area contributed by atoms with Gasteiger partial charge in [-0.1, -0.05) is 42.4 Å². The molecule has 0 saturated carbocycles. The van der Waals surface area contributed by atoms with Gasteiger partial charge in [0.1, 0.15) is 11.1 Å². The third-order valence-electron chi connectivity index (χ3n) is 3.59. The Hall–Kier alpha value is -1.79. The Balaban J connectivity index is 1.95. The van der Waals surface area contributed by atoms with Crippen molar-refractivity contribution in [1.29, 1.82) is 0 Å². The van der Waals surface area contributed by atoms with Crippen molar-refractivity contribution in [1.82, 2.24) is 9.97 Å². The molecule has 2 N–H and O–H groups in total. The van der Waals surface area contributed by atoms with Crippen molar-refractivity contribution in [3.8, 4) is 11.1 Å². The number of hydrogen-bond donors (Lipinski definition) is 1. The van der Waals surface area contributed by atoms with Crippen molar-refractivity contribution in [3.63, 3.8) is 0 Å². The number of rotatable bonds is 4. The number of carbonyl (C=O) groups excluding carboxylic acids is 1. The summed E-state index contributed by atoms with van der Waals surface area (Å²) in [5, 5.41) is 0.930. The van der Waals surface area contributed by atoms with Crippen LogP contribution in [0.5, 0.6) is 0 Å². The minimum absolute atomic E-state index is 0.211. The van der Waals surface area contributed by atoms with Gasteiger partial charge in [-0.25, -0.2) is 9.97 Å². The maximum Gasteiger partial charge on any atom is 0.319 e. The van der Waals surface area contributed by atoms with Gasteiger partial charge in [-0.05, 0) is 24.1 Å². The highest BCUT2D eigenvalue weighted by Gasteiger charge is 2.29. The van der Waals surface area contributed by atoms with Crippen molar-refractivity contribution in [2.24, 2.45) is 0 Å². The molecule has 1 fully saturated rings. The Kier molecular flexibility index (Phi) is 4.73. The van der Waals surface area contributed by atoms with Gasteiger partial charge in [0.2, 0.25) is 0 Å². The van der Waals surface area contributed by atoms with Crippen molar-refractivity contribution in [2.75, 3.05) is 12.3 Å². The number of nitrogens with two attached hydrogens (primary N) is 1. The molecule has 5 nitrogen and oxygen atoms in total. The largest absolute Gasteiger partial charge is 0.465 e. The summed E-state index contributed by atoms with van der Waals surface area (Å²) in [7, 11) is 0. The van der Waals surface area contributed by atoms with E-state index in [1.54, 1.807) is 0 Å². The molecular formula is C16H16ClN3O2S. The van der Waals surface area contributed by atoms with Gasteiger partial charge >= 0.3 is 5.97 Å². The smallest absolute Gasteiger partial charge is 0.319 e. The van der Waals surface area contributed by atoms with Crippen LogP contribution in [0.2, 0.25) is 5.02 Å². The number of nitrogens with zero attached hydrogens (tertiary/aromatic N) is 2. The molecule has 120 valence electrons. The van der Waals surface area contributed by atoms with E-state index in [0.717, 1.165) is 16.8 Å². The third-order valence-corrected chi connectivity index (χ3v) is 4.95. The maximum atomic E-state index is 11.6. The van der Waals surface area contributed by atoms with Crippen LogP contribution >= 0.6 is 23.4 Å². The zero-order valence-electron chi connectivity index (χ0n) is 12.6. The van der Waals surface area contributed by atoms with Crippen molar-refractivity contribution < 1.29 is 9.53 Å². The lowest BCUT2D eigenvalue weighted by Gasteiger charge is -2.13. The molecule has 0 spiro atoms. The number of anilines is 1. The van der Waals surface area contributed by atoms with Crippen LogP contribution in [0.3, 0.4) is 0 Å². The highest BCUT2D eigenvalue weighted by molar-refractivity contribution is 8.00. The molecule has 1 aliphatic rings. The number of ether oxygens (including phenoxy) is 1. The molecule has 2 aromatic rings. The first kappa shape index (κ1) is 16.1. The molecule has 0 bridgehead atoms. The molecule has 1 aromatic heterocycles. The highest BCUT2D eigenvalue weighted by atomic mass is 35.5. The van der Waals surface area contributed by atoms with Crippen LogP contribution in [0.15, 0.2) is 29.4 Å². The second-order valence-electron chi connectivity index (χ2n) is 5.14. The molecule has 3 rings (SSSR count). The van der Waals surface area contributed by atoms with Crippen LogP contribution in [0.25, 0.3) is 11.1 Å². The summed E-state index contributed by atoms with van der Waals surface area (Å²) in [5.41, 5.74) is 8.77. The van der Waals surface area contributed by atoms with E-state index in [9.17, 15) is 4.79 Å². The fraction of sp³-hybridized carbons (Fsp3) is 0.312. The molecule has 2 heterocycles. The summed E-state index contributed by atoms with van der Waals surface area (Å²) in [6.45, 7) is 2.47. The van der Waals surface area contributed by atoms with E-state index in [4.69, 9.17) is 22.1 Å². The van der Waals surface area contributed by atoms with Gasteiger partial charge in [0, 0.05) is 17.0 Å². The Bertz CT molecular complexity index is 737. The fourth-order valence-corrected chi connectivity index (χ4v) is 3.53. The Labute approximate surface area is 143 Å². The molecule has 1 aliphatic heterocycles. The van der Waals surface area contributed by atoms with Crippen LogP contribution < -0.4 is 5.73 Å². The molecule has 1 atom stereocenters. The second-order valence-corrected chi connectivity index (χ2v) is 6.74. The van der Waals surface area contributed by atoms with Gasteiger partial charge in [-0.15, -0.1) is 0 Å². The SMILES string of the molecule is CCc1nc(S[C@H]2CCOC2=O)nc(N)c1-c1ccc(Cl)cc1. The normalized spacial score (nSPS) is 17.3. The lowest BCUT2D eigenvalue weighted by molar-refractivity contribution is -0.137. The van der Waals surface area contributed by atoms with Gasteiger partial charge in [0.05, 0.1) is 12.3 Å². The number of carbonyl (C=O) groups is 1. The predicted molar refractivity (Wildman–Crippen MR) is 91.5 cm³/mol. The average molecular weight is 350 g/mol. The van der Waals surface area contributed by atoms with Gasteiger partial charge in [0.25, 0.3) is 0 Å². The summed E-state index contributed by atoms with van der Waals surface area (Å²) in [6.07, 6.45) is 1.39. The number of esters is 1. The lowest BCUT2D eigenvalue weighted by Crippen LogP contribution is -2.11. The summed E-state index contributed by atoms with van der Waals surface area (Å²) >= 11 is 7.25. The number of aryl methyl sites for hydroxylation is 1. The highest BCUT2D eigenvalue weighted by Crippen LogP contribution is 2.33. The number of thioether (sulfide) groups is 1. The van der Waals surface area contributed by atoms with E-state index in [1.807, 2.05) is 31.2 Å². The fourth-order valence-electron chi connectivity index (χ4n) is 2.45. The first-order chi connectivity index (χ1) is 11.1. The number of cyclic esters (lactones) is 1. The molecule has 1 aromatic carbocycles.